The van der Waals surface area contributed by atoms with Crippen LogP contribution in [0, 0.1) is 6.92 Å². The van der Waals surface area contributed by atoms with Gasteiger partial charge in [-0.15, -0.1) is 0 Å². The van der Waals surface area contributed by atoms with Crippen molar-refractivity contribution in [3.05, 3.63) is 65.0 Å². The highest BCUT2D eigenvalue weighted by atomic mass is 19.4. The van der Waals surface area contributed by atoms with Gasteiger partial charge in [0.1, 0.15) is 0 Å². The van der Waals surface area contributed by atoms with Crippen molar-refractivity contribution in [2.24, 2.45) is 0 Å². The lowest BCUT2D eigenvalue weighted by atomic mass is 10.0. The van der Waals surface area contributed by atoms with Gasteiger partial charge in [0, 0.05) is 23.9 Å². The van der Waals surface area contributed by atoms with Crippen LogP contribution in [0.1, 0.15) is 27.2 Å². The van der Waals surface area contributed by atoms with Gasteiger partial charge in [0.15, 0.2) is 5.78 Å². The number of rotatable bonds is 3. The molecule has 0 N–H and O–H groups in total. The first kappa shape index (κ1) is 14.2. The number of hydrogen-bond acceptors (Lipinski definition) is 2. The van der Waals surface area contributed by atoms with Gasteiger partial charge in [0.2, 0.25) is 0 Å². The first-order chi connectivity index (χ1) is 9.36. The molecule has 5 heteroatoms. The summed E-state index contributed by atoms with van der Waals surface area (Å²) in [6.45, 7) is 1.79. The van der Waals surface area contributed by atoms with Crippen LogP contribution in [0.2, 0.25) is 0 Å². The number of alkyl halides is 3. The van der Waals surface area contributed by atoms with Gasteiger partial charge in [-0.3, -0.25) is 9.78 Å². The fourth-order valence-corrected chi connectivity index (χ4v) is 1.78. The van der Waals surface area contributed by atoms with Crippen molar-refractivity contribution >= 4 is 5.78 Å². The SMILES string of the molecule is Cc1ccc(C(=O)Cc2cccc(C(F)(F)F)c2)cn1. The number of benzene rings is 1. The highest BCUT2D eigenvalue weighted by Crippen LogP contribution is 2.29. The Labute approximate surface area is 114 Å². The molecule has 0 unspecified atom stereocenters. The standard InChI is InChI=1S/C15H12F3NO/c1-10-5-6-12(9-19-10)14(20)8-11-3-2-4-13(7-11)15(16,17)18/h2-7,9H,8H2,1H3. The van der Waals surface area contributed by atoms with E-state index in [1.54, 1.807) is 19.1 Å². The number of ketones is 1. The van der Waals surface area contributed by atoms with Crippen LogP contribution in [0.25, 0.3) is 0 Å². The molecule has 0 saturated heterocycles. The Morgan fingerprint density at radius 2 is 1.95 bits per heavy atom. The minimum absolute atomic E-state index is 0.0747. The zero-order valence-corrected chi connectivity index (χ0v) is 10.7. The van der Waals surface area contributed by atoms with Gasteiger partial charge in [0.05, 0.1) is 5.56 Å². The molecule has 2 aromatic rings. The van der Waals surface area contributed by atoms with Crippen LogP contribution in [0.3, 0.4) is 0 Å². The lowest BCUT2D eigenvalue weighted by Gasteiger charge is -2.08. The number of nitrogens with zero attached hydrogens (tertiary/aromatic N) is 1. The third kappa shape index (κ3) is 3.44. The normalized spacial score (nSPS) is 11.4. The predicted molar refractivity (Wildman–Crippen MR) is 68.5 cm³/mol. The van der Waals surface area contributed by atoms with Gasteiger partial charge in [-0.25, -0.2) is 0 Å². The summed E-state index contributed by atoms with van der Waals surface area (Å²) in [5, 5.41) is 0. The third-order valence-electron chi connectivity index (χ3n) is 2.85. The summed E-state index contributed by atoms with van der Waals surface area (Å²) in [6, 6.07) is 8.12. The second-order valence-corrected chi connectivity index (χ2v) is 4.49. The molecule has 2 rings (SSSR count). The summed E-state index contributed by atoms with van der Waals surface area (Å²) in [5.41, 5.74) is 0.767. The molecule has 0 bridgehead atoms. The van der Waals surface area contributed by atoms with E-state index >= 15 is 0 Å². The Kier molecular flexibility index (Phi) is 3.88. The number of carbonyl (C=O) groups is 1. The second kappa shape index (κ2) is 5.45. The first-order valence-electron chi connectivity index (χ1n) is 5.98. The molecule has 0 aliphatic rings. The van der Waals surface area contributed by atoms with Gasteiger partial charge in [0.25, 0.3) is 0 Å². The Morgan fingerprint density at radius 1 is 1.20 bits per heavy atom. The average molecular weight is 279 g/mol. The Bertz CT molecular complexity index is 618. The molecule has 0 fully saturated rings. The zero-order chi connectivity index (χ0) is 14.8. The monoisotopic (exact) mass is 279 g/mol. The molecular formula is C15H12F3NO. The molecule has 0 aliphatic heterocycles. The number of aryl methyl sites for hydroxylation is 1. The summed E-state index contributed by atoms with van der Waals surface area (Å²) < 4.78 is 37.7. The van der Waals surface area contributed by atoms with Crippen LogP contribution in [0.4, 0.5) is 13.2 Å². The van der Waals surface area contributed by atoms with Crippen LogP contribution < -0.4 is 0 Å². The summed E-state index contributed by atoms with van der Waals surface area (Å²) in [7, 11) is 0. The molecule has 0 spiro atoms. The highest BCUT2D eigenvalue weighted by molar-refractivity contribution is 5.97. The number of halogens is 3. The molecule has 20 heavy (non-hydrogen) atoms. The maximum atomic E-state index is 12.6. The summed E-state index contributed by atoms with van der Waals surface area (Å²) in [4.78, 5) is 16.0. The molecule has 0 atom stereocenters. The van der Waals surface area contributed by atoms with Crippen molar-refractivity contribution in [2.45, 2.75) is 19.5 Å². The van der Waals surface area contributed by atoms with Crippen molar-refractivity contribution < 1.29 is 18.0 Å². The molecule has 1 heterocycles. The number of pyridine rings is 1. The van der Waals surface area contributed by atoms with Crippen molar-refractivity contribution in [3.63, 3.8) is 0 Å². The van der Waals surface area contributed by atoms with Gasteiger partial charge in [-0.05, 0) is 30.7 Å². The Hall–Kier alpha value is -2.17. The van der Waals surface area contributed by atoms with Gasteiger partial charge in [-0.1, -0.05) is 18.2 Å². The van der Waals surface area contributed by atoms with Crippen LogP contribution in [-0.4, -0.2) is 10.8 Å². The molecule has 0 amide bonds. The van der Waals surface area contributed by atoms with E-state index in [9.17, 15) is 18.0 Å². The lowest BCUT2D eigenvalue weighted by molar-refractivity contribution is -0.137. The average Bonchev–Trinajstić information content (AvgIpc) is 2.38. The minimum atomic E-state index is -4.40. The van der Waals surface area contributed by atoms with Gasteiger partial charge < -0.3 is 0 Å². The van der Waals surface area contributed by atoms with Crippen molar-refractivity contribution in [3.8, 4) is 0 Å². The molecule has 0 aliphatic carbocycles. The van der Waals surface area contributed by atoms with Gasteiger partial charge >= 0.3 is 6.18 Å². The highest BCUT2D eigenvalue weighted by Gasteiger charge is 2.30. The van der Waals surface area contributed by atoms with Crippen molar-refractivity contribution in [1.29, 1.82) is 0 Å². The Morgan fingerprint density at radius 3 is 2.55 bits per heavy atom. The lowest BCUT2D eigenvalue weighted by Crippen LogP contribution is -2.08. The van der Waals surface area contributed by atoms with E-state index < -0.39 is 11.7 Å². The molecule has 104 valence electrons. The molecule has 2 nitrogen and oxygen atoms in total. The zero-order valence-electron chi connectivity index (χ0n) is 10.7. The molecule has 1 aromatic heterocycles. The van der Waals surface area contributed by atoms with E-state index in [0.29, 0.717) is 11.1 Å². The summed E-state index contributed by atoms with van der Waals surface area (Å²) in [6.07, 6.45) is -3.04. The quantitative estimate of drug-likeness (QED) is 0.799. The van der Waals surface area contributed by atoms with E-state index in [2.05, 4.69) is 4.98 Å². The number of Topliss-reactive ketones (excluding diaryl/α,β-unsaturated/α-hetero) is 1. The van der Waals surface area contributed by atoms with Crippen LogP contribution >= 0.6 is 0 Å². The number of aromatic nitrogens is 1. The van der Waals surface area contributed by atoms with E-state index in [4.69, 9.17) is 0 Å². The van der Waals surface area contributed by atoms with Crippen LogP contribution in [0.5, 0.6) is 0 Å². The maximum Gasteiger partial charge on any atom is 0.416 e. The number of hydrogen-bond donors (Lipinski definition) is 0. The predicted octanol–water partition coefficient (Wildman–Crippen LogP) is 3.83. The fourth-order valence-electron chi connectivity index (χ4n) is 1.78. The fraction of sp³-hybridized carbons (Fsp3) is 0.200. The molecule has 0 saturated carbocycles. The summed E-state index contributed by atoms with van der Waals surface area (Å²) in [5.74, 6) is -0.253. The summed E-state index contributed by atoms with van der Waals surface area (Å²) >= 11 is 0. The maximum absolute atomic E-state index is 12.6. The Balaban J connectivity index is 2.18. The van der Waals surface area contributed by atoms with Crippen molar-refractivity contribution in [2.75, 3.05) is 0 Å². The van der Waals surface area contributed by atoms with E-state index in [-0.39, 0.29) is 12.2 Å². The van der Waals surface area contributed by atoms with E-state index in [1.807, 2.05) is 0 Å². The van der Waals surface area contributed by atoms with E-state index in [0.717, 1.165) is 17.8 Å². The molecule has 1 aromatic carbocycles. The van der Waals surface area contributed by atoms with Gasteiger partial charge in [-0.2, -0.15) is 13.2 Å². The first-order valence-corrected chi connectivity index (χ1v) is 5.98. The molecule has 0 radical (unpaired) electrons. The largest absolute Gasteiger partial charge is 0.416 e. The molecular weight excluding hydrogens is 267 g/mol. The van der Waals surface area contributed by atoms with Crippen molar-refractivity contribution in [1.82, 2.24) is 4.98 Å². The van der Waals surface area contributed by atoms with Crippen LogP contribution in [0.15, 0.2) is 42.6 Å². The number of carbonyl (C=O) groups excluding carboxylic acids is 1. The minimum Gasteiger partial charge on any atom is -0.294 e. The van der Waals surface area contributed by atoms with E-state index in [1.165, 1.54) is 18.3 Å². The smallest absolute Gasteiger partial charge is 0.294 e. The second-order valence-electron chi connectivity index (χ2n) is 4.49. The topological polar surface area (TPSA) is 30.0 Å². The third-order valence-corrected chi connectivity index (χ3v) is 2.85. The van der Waals surface area contributed by atoms with Crippen LogP contribution in [-0.2, 0) is 12.6 Å².